The van der Waals surface area contributed by atoms with Gasteiger partial charge in [0.2, 0.25) is 0 Å². The topological polar surface area (TPSA) is 81.2 Å². The highest BCUT2D eigenvalue weighted by molar-refractivity contribution is 7.20. The zero-order valence-electron chi connectivity index (χ0n) is 19.2. The number of thiophene rings is 1. The highest BCUT2D eigenvalue weighted by Crippen LogP contribution is 2.22. The van der Waals surface area contributed by atoms with Crippen molar-refractivity contribution in [1.82, 2.24) is 9.55 Å². The largest absolute Gasteiger partial charge is 0.457 e. The molecule has 2 heterocycles. The monoisotopic (exact) mass is 494 g/mol. The Morgan fingerprint density at radius 3 is 2.17 bits per heavy atom. The van der Waals surface area contributed by atoms with Crippen LogP contribution in [0, 0.1) is 0 Å². The van der Waals surface area contributed by atoms with Crippen LogP contribution in [0.3, 0.4) is 0 Å². The van der Waals surface area contributed by atoms with Gasteiger partial charge in [-0.2, -0.15) is 0 Å². The quantitative estimate of drug-likeness (QED) is 0.245. The molecule has 0 unspecified atom stereocenters. The Hall–Kier alpha value is -4.49. The molecule has 1 N–H and O–H groups in total. The van der Waals surface area contributed by atoms with E-state index in [0.717, 1.165) is 38.2 Å². The molecule has 2 aromatic heterocycles. The zero-order chi connectivity index (χ0) is 24.9. The molecule has 0 aliphatic carbocycles. The number of carbonyl (C=O) groups is 1. The van der Waals surface area contributed by atoms with Gasteiger partial charge in [-0.3, -0.25) is 14.3 Å². The highest BCUT2D eigenvalue weighted by atomic mass is 32.1. The van der Waals surface area contributed by atoms with Gasteiger partial charge in [-0.05, 0) is 28.3 Å². The molecule has 178 valence electrons. The normalized spacial score (nSPS) is 11.2. The van der Waals surface area contributed by atoms with Crippen LogP contribution in [0.4, 0.5) is 0 Å². The lowest BCUT2D eigenvalue weighted by molar-refractivity contribution is 0.0478. The van der Waals surface area contributed by atoms with Gasteiger partial charge < -0.3 is 4.74 Å². The summed E-state index contributed by atoms with van der Waals surface area (Å²) in [6.45, 7) is 0.252. The lowest BCUT2D eigenvalue weighted by Gasteiger charge is -2.04. The van der Waals surface area contributed by atoms with Crippen LogP contribution in [-0.2, 0) is 17.9 Å². The van der Waals surface area contributed by atoms with Crippen molar-refractivity contribution in [2.75, 3.05) is 0 Å². The van der Waals surface area contributed by atoms with Gasteiger partial charge in [0.15, 0.2) is 0 Å². The van der Waals surface area contributed by atoms with E-state index in [4.69, 9.17) is 4.74 Å². The first-order chi connectivity index (χ1) is 17.6. The van der Waals surface area contributed by atoms with Crippen LogP contribution in [0.2, 0.25) is 0 Å². The van der Waals surface area contributed by atoms with Gasteiger partial charge in [-0.25, -0.2) is 9.59 Å². The Labute approximate surface area is 210 Å². The van der Waals surface area contributed by atoms with Gasteiger partial charge in [0.05, 0.1) is 11.9 Å². The number of ether oxygens (including phenoxy) is 1. The number of esters is 1. The lowest BCUT2D eigenvalue weighted by atomic mass is 10.1. The second-order valence-corrected chi connectivity index (χ2v) is 9.27. The van der Waals surface area contributed by atoms with E-state index >= 15 is 0 Å². The van der Waals surface area contributed by atoms with Crippen LogP contribution in [0.15, 0.2) is 101 Å². The van der Waals surface area contributed by atoms with Crippen LogP contribution >= 0.6 is 11.3 Å². The number of rotatable bonds is 7. The number of aromatic nitrogens is 2. The summed E-state index contributed by atoms with van der Waals surface area (Å²) in [4.78, 5) is 41.4. The summed E-state index contributed by atoms with van der Waals surface area (Å²) in [5, 5.41) is 0.289. The third-order valence-corrected chi connectivity index (χ3v) is 6.71. The van der Waals surface area contributed by atoms with E-state index in [1.807, 2.05) is 97.1 Å². The van der Waals surface area contributed by atoms with Gasteiger partial charge >= 0.3 is 11.7 Å². The molecule has 0 amide bonds. The molecule has 0 aliphatic heterocycles. The minimum Gasteiger partial charge on any atom is -0.457 e. The molecule has 36 heavy (non-hydrogen) atoms. The summed E-state index contributed by atoms with van der Waals surface area (Å²) in [6.07, 6.45) is 4.06. The van der Waals surface area contributed by atoms with E-state index in [1.165, 1.54) is 6.07 Å². The van der Waals surface area contributed by atoms with Gasteiger partial charge in [-0.15, -0.1) is 11.3 Å². The second kappa shape index (κ2) is 10.4. The average Bonchev–Trinajstić information content (AvgIpc) is 3.34. The van der Waals surface area contributed by atoms with Crippen molar-refractivity contribution in [2.45, 2.75) is 13.2 Å². The van der Waals surface area contributed by atoms with E-state index in [9.17, 15) is 14.4 Å². The number of nitrogens with zero attached hydrogens (tertiary/aromatic N) is 1. The fraction of sp³-hybridized carbons (Fsp3) is 0.0690. The molecule has 0 atom stereocenters. The maximum atomic E-state index is 12.9. The van der Waals surface area contributed by atoms with Crippen molar-refractivity contribution in [3.8, 4) is 0 Å². The number of carbonyl (C=O) groups excluding carboxylic acids is 1. The SMILES string of the molecule is O=C(OCc1ccc(C=Cc2ccccc2)cc1)c1cc2c(=O)n(Cc3ccccc3)c(=O)[nH]c2s1. The Morgan fingerprint density at radius 2 is 1.47 bits per heavy atom. The van der Waals surface area contributed by atoms with Crippen LogP contribution in [-0.4, -0.2) is 15.5 Å². The van der Waals surface area contributed by atoms with E-state index in [0.29, 0.717) is 4.83 Å². The van der Waals surface area contributed by atoms with Crippen molar-refractivity contribution >= 4 is 39.7 Å². The van der Waals surface area contributed by atoms with Crippen LogP contribution in [0.5, 0.6) is 0 Å². The Balaban J connectivity index is 1.27. The maximum Gasteiger partial charge on any atom is 0.348 e. The first kappa shape index (κ1) is 23.3. The van der Waals surface area contributed by atoms with E-state index in [-0.39, 0.29) is 23.4 Å². The van der Waals surface area contributed by atoms with Crippen LogP contribution in [0.1, 0.15) is 31.9 Å². The average molecular weight is 495 g/mol. The number of benzene rings is 3. The van der Waals surface area contributed by atoms with Gasteiger partial charge in [0, 0.05) is 0 Å². The maximum absolute atomic E-state index is 12.9. The smallest absolute Gasteiger partial charge is 0.348 e. The molecular weight excluding hydrogens is 472 g/mol. The molecule has 0 saturated heterocycles. The molecule has 0 bridgehead atoms. The summed E-state index contributed by atoms with van der Waals surface area (Å²) < 4.78 is 6.59. The van der Waals surface area contributed by atoms with Crippen LogP contribution < -0.4 is 11.2 Å². The fourth-order valence-electron chi connectivity index (χ4n) is 3.76. The van der Waals surface area contributed by atoms with E-state index in [2.05, 4.69) is 4.98 Å². The molecule has 6 nitrogen and oxygen atoms in total. The van der Waals surface area contributed by atoms with Crippen molar-refractivity contribution in [3.05, 3.63) is 139 Å². The third-order valence-electron chi connectivity index (χ3n) is 5.68. The van der Waals surface area contributed by atoms with Crippen LogP contribution in [0.25, 0.3) is 22.4 Å². The van der Waals surface area contributed by atoms with E-state index in [1.54, 1.807) is 0 Å². The van der Waals surface area contributed by atoms with Gasteiger partial charge in [0.25, 0.3) is 5.56 Å². The predicted octanol–water partition coefficient (Wildman–Crippen LogP) is 5.33. The van der Waals surface area contributed by atoms with Crippen molar-refractivity contribution < 1.29 is 9.53 Å². The van der Waals surface area contributed by atoms with Gasteiger partial charge in [0.1, 0.15) is 16.3 Å². The highest BCUT2D eigenvalue weighted by Gasteiger charge is 2.17. The summed E-state index contributed by atoms with van der Waals surface area (Å²) in [6, 6.07) is 28.5. The number of hydrogen-bond donors (Lipinski definition) is 1. The third kappa shape index (κ3) is 5.26. The van der Waals surface area contributed by atoms with Crippen molar-refractivity contribution in [1.29, 1.82) is 0 Å². The standard InChI is InChI=1S/C29H22N2O4S/c32-27-24-17-25(36-26(24)30-29(34)31(27)18-22-9-5-2-6-10-22)28(33)35-19-23-15-13-21(14-16-23)12-11-20-7-3-1-4-8-20/h1-17H,18-19H2,(H,30,34). The molecule has 0 spiro atoms. The number of fused-ring (bicyclic) bond motifs is 1. The first-order valence-electron chi connectivity index (χ1n) is 11.4. The summed E-state index contributed by atoms with van der Waals surface area (Å²) in [5.74, 6) is -0.542. The number of nitrogens with one attached hydrogen (secondary N) is 1. The second-order valence-electron chi connectivity index (χ2n) is 8.22. The molecule has 5 aromatic rings. The summed E-state index contributed by atoms with van der Waals surface area (Å²) >= 11 is 1.04. The Bertz CT molecular complexity index is 1650. The fourth-order valence-corrected chi connectivity index (χ4v) is 4.69. The summed E-state index contributed by atoms with van der Waals surface area (Å²) in [5.41, 5.74) is 2.88. The van der Waals surface area contributed by atoms with Gasteiger partial charge in [-0.1, -0.05) is 97.1 Å². The minimum atomic E-state index is -0.542. The molecular formula is C29H22N2O4S. The molecule has 0 radical (unpaired) electrons. The number of hydrogen-bond acceptors (Lipinski definition) is 5. The molecule has 0 saturated carbocycles. The molecule has 0 fully saturated rings. The minimum absolute atomic E-state index is 0.102. The first-order valence-corrected chi connectivity index (χ1v) is 12.2. The summed E-state index contributed by atoms with van der Waals surface area (Å²) in [7, 11) is 0. The zero-order valence-corrected chi connectivity index (χ0v) is 20.0. The molecule has 3 aromatic carbocycles. The number of aromatic amines is 1. The Kier molecular flexibility index (Phi) is 6.73. The predicted molar refractivity (Wildman–Crippen MR) is 143 cm³/mol. The molecule has 5 rings (SSSR count). The van der Waals surface area contributed by atoms with E-state index < -0.39 is 17.2 Å². The molecule has 0 aliphatic rings. The number of H-pyrrole nitrogens is 1. The van der Waals surface area contributed by atoms with Crippen molar-refractivity contribution in [3.63, 3.8) is 0 Å². The molecule has 7 heteroatoms. The lowest BCUT2D eigenvalue weighted by Crippen LogP contribution is -2.34. The van der Waals surface area contributed by atoms with Crippen molar-refractivity contribution in [2.24, 2.45) is 0 Å². The Morgan fingerprint density at radius 1 is 0.833 bits per heavy atom.